The number of hydrogen-bond donors (Lipinski definition) is 2. The summed E-state index contributed by atoms with van der Waals surface area (Å²) < 4.78 is 43.1. The Labute approximate surface area is 156 Å². The molecule has 1 atom stereocenters. The maximum atomic E-state index is 12.8. The Bertz CT molecular complexity index is 728. The first-order valence-electron chi connectivity index (χ1n) is 7.38. The van der Waals surface area contributed by atoms with Gasteiger partial charge in [0, 0.05) is 13.5 Å². The van der Waals surface area contributed by atoms with E-state index in [4.69, 9.17) is 16.3 Å². The molecule has 2 rings (SSSR count). The lowest BCUT2D eigenvalue weighted by atomic mass is 10.2. The van der Waals surface area contributed by atoms with E-state index in [-0.39, 0.29) is 17.1 Å². The number of halogens is 4. The van der Waals surface area contributed by atoms with Crippen LogP contribution in [0.15, 0.2) is 23.2 Å². The molecule has 1 aromatic rings. The minimum atomic E-state index is -4.56. The summed E-state index contributed by atoms with van der Waals surface area (Å²) in [4.78, 5) is 28.1. The van der Waals surface area contributed by atoms with Crippen LogP contribution in [0.5, 0.6) is 0 Å². The zero-order valence-electron chi connectivity index (χ0n) is 13.5. The van der Waals surface area contributed by atoms with Crippen LogP contribution in [-0.2, 0) is 20.5 Å². The van der Waals surface area contributed by atoms with Crippen LogP contribution in [0.2, 0.25) is 5.02 Å². The van der Waals surface area contributed by atoms with E-state index in [0.29, 0.717) is 18.3 Å². The molecule has 0 aliphatic carbocycles. The lowest BCUT2D eigenvalue weighted by Crippen LogP contribution is -2.28. The summed E-state index contributed by atoms with van der Waals surface area (Å²) in [5.74, 6) is -1.02. The summed E-state index contributed by atoms with van der Waals surface area (Å²) in [6, 6.07) is 2.62. The number of aliphatic imine (C=N–C) groups is 1. The van der Waals surface area contributed by atoms with Crippen LogP contribution >= 0.6 is 23.4 Å². The summed E-state index contributed by atoms with van der Waals surface area (Å²) in [5.41, 5.74) is -1.10. The molecule has 142 valence electrons. The topological polar surface area (TPSA) is 79.8 Å². The van der Waals surface area contributed by atoms with Gasteiger partial charge in [-0.15, -0.1) is 0 Å². The van der Waals surface area contributed by atoms with Gasteiger partial charge in [-0.25, -0.2) is 0 Å². The molecule has 0 bridgehead atoms. The molecule has 1 fully saturated rings. The Balaban J connectivity index is 1.99. The molecule has 1 heterocycles. The Morgan fingerprint density at radius 1 is 1.46 bits per heavy atom. The summed E-state index contributed by atoms with van der Waals surface area (Å²) in [6.07, 6.45) is -4.79. The van der Waals surface area contributed by atoms with Crippen molar-refractivity contribution in [3.63, 3.8) is 0 Å². The third-order valence-electron chi connectivity index (χ3n) is 3.27. The molecule has 0 radical (unpaired) electrons. The van der Waals surface area contributed by atoms with Gasteiger partial charge in [-0.1, -0.05) is 23.4 Å². The van der Waals surface area contributed by atoms with E-state index in [2.05, 4.69) is 15.6 Å². The molecular weight excluding hydrogens is 395 g/mol. The molecule has 0 unspecified atom stereocenters. The number of hydrogen-bond acceptors (Lipinski definition) is 5. The average Bonchev–Trinajstić information content (AvgIpc) is 2.88. The van der Waals surface area contributed by atoms with Crippen molar-refractivity contribution < 1.29 is 27.5 Å². The fraction of sp³-hybridized carbons (Fsp3) is 0.400. The predicted molar refractivity (Wildman–Crippen MR) is 93.4 cm³/mol. The number of amidine groups is 1. The molecule has 0 aromatic heterocycles. The number of carbonyl (C=O) groups is 2. The minimum Gasteiger partial charge on any atom is -0.383 e. The van der Waals surface area contributed by atoms with E-state index in [0.717, 1.165) is 30.0 Å². The van der Waals surface area contributed by atoms with Gasteiger partial charge in [0.1, 0.15) is 5.25 Å². The predicted octanol–water partition coefficient (Wildman–Crippen LogP) is 2.92. The van der Waals surface area contributed by atoms with Gasteiger partial charge in [0.05, 0.1) is 29.4 Å². The second kappa shape index (κ2) is 8.74. The zero-order valence-corrected chi connectivity index (χ0v) is 15.1. The van der Waals surface area contributed by atoms with E-state index in [1.165, 1.54) is 7.11 Å². The minimum absolute atomic E-state index is 0.0308. The van der Waals surface area contributed by atoms with Crippen LogP contribution in [0, 0.1) is 0 Å². The summed E-state index contributed by atoms with van der Waals surface area (Å²) in [6.45, 7) is 0.747. The molecule has 1 aliphatic heterocycles. The molecule has 0 saturated carbocycles. The Hall–Kier alpha value is -1.78. The van der Waals surface area contributed by atoms with Crippen molar-refractivity contribution in [1.29, 1.82) is 0 Å². The SMILES string of the molecule is COCCN=C1NC(=O)[C@H](CC(=O)Nc2cc(C(F)(F)F)ccc2Cl)S1. The maximum Gasteiger partial charge on any atom is 0.416 e. The highest BCUT2D eigenvalue weighted by atomic mass is 35.5. The smallest absolute Gasteiger partial charge is 0.383 e. The molecule has 2 N–H and O–H groups in total. The molecule has 1 saturated heterocycles. The van der Waals surface area contributed by atoms with Gasteiger partial charge in [0.15, 0.2) is 5.17 Å². The highest BCUT2D eigenvalue weighted by molar-refractivity contribution is 8.15. The second-order valence-electron chi connectivity index (χ2n) is 5.22. The molecule has 26 heavy (non-hydrogen) atoms. The fourth-order valence-corrected chi connectivity index (χ4v) is 3.18. The number of rotatable bonds is 6. The highest BCUT2D eigenvalue weighted by Gasteiger charge is 2.33. The number of thioether (sulfide) groups is 1. The quantitative estimate of drug-likeness (QED) is 0.708. The number of methoxy groups -OCH3 is 1. The van der Waals surface area contributed by atoms with Gasteiger partial charge in [-0.05, 0) is 18.2 Å². The van der Waals surface area contributed by atoms with Gasteiger partial charge in [-0.2, -0.15) is 13.2 Å². The molecule has 1 aromatic carbocycles. The summed E-state index contributed by atoms with van der Waals surface area (Å²) in [5, 5.41) is 4.47. The maximum absolute atomic E-state index is 12.8. The van der Waals surface area contributed by atoms with Crippen LogP contribution in [0.3, 0.4) is 0 Å². The zero-order chi connectivity index (χ0) is 19.3. The number of alkyl halides is 3. The molecule has 11 heteroatoms. The van der Waals surface area contributed by atoms with E-state index in [1.54, 1.807) is 0 Å². The van der Waals surface area contributed by atoms with Gasteiger partial charge in [-0.3, -0.25) is 14.6 Å². The average molecular weight is 410 g/mol. The Kier molecular flexibility index (Phi) is 6.90. The van der Waals surface area contributed by atoms with Crippen molar-refractivity contribution in [3.05, 3.63) is 28.8 Å². The van der Waals surface area contributed by atoms with Gasteiger partial charge >= 0.3 is 6.18 Å². The first-order chi connectivity index (χ1) is 12.2. The first-order valence-corrected chi connectivity index (χ1v) is 8.64. The van der Waals surface area contributed by atoms with Gasteiger partial charge in [0.25, 0.3) is 0 Å². The van der Waals surface area contributed by atoms with Crippen molar-refractivity contribution >= 4 is 46.0 Å². The van der Waals surface area contributed by atoms with Crippen molar-refractivity contribution in [2.24, 2.45) is 4.99 Å². The van der Waals surface area contributed by atoms with Gasteiger partial charge in [0.2, 0.25) is 11.8 Å². The highest BCUT2D eigenvalue weighted by Crippen LogP contribution is 2.34. The first kappa shape index (κ1) is 20.5. The molecule has 0 spiro atoms. The molecule has 1 aliphatic rings. The van der Waals surface area contributed by atoms with Gasteiger partial charge < -0.3 is 15.4 Å². The normalized spacial score (nSPS) is 18.9. The third-order valence-corrected chi connectivity index (χ3v) is 4.72. The number of ether oxygens (including phenoxy) is 1. The number of anilines is 1. The monoisotopic (exact) mass is 409 g/mol. The lowest BCUT2D eigenvalue weighted by molar-refractivity contribution is -0.137. The lowest BCUT2D eigenvalue weighted by Gasteiger charge is -2.12. The number of carbonyl (C=O) groups excluding carboxylic acids is 2. The van der Waals surface area contributed by atoms with Crippen LogP contribution in [0.4, 0.5) is 18.9 Å². The molecular formula is C15H15ClF3N3O3S. The Morgan fingerprint density at radius 3 is 2.85 bits per heavy atom. The van der Waals surface area contributed by atoms with Crippen LogP contribution in [0.25, 0.3) is 0 Å². The van der Waals surface area contributed by atoms with E-state index in [9.17, 15) is 22.8 Å². The van der Waals surface area contributed by atoms with Crippen LogP contribution in [0.1, 0.15) is 12.0 Å². The van der Waals surface area contributed by atoms with Crippen LogP contribution in [-0.4, -0.2) is 42.5 Å². The third kappa shape index (κ3) is 5.61. The molecule has 2 amide bonds. The summed E-state index contributed by atoms with van der Waals surface area (Å²) >= 11 is 6.91. The van der Waals surface area contributed by atoms with Crippen LogP contribution < -0.4 is 10.6 Å². The second-order valence-corrected chi connectivity index (χ2v) is 6.82. The number of benzene rings is 1. The van der Waals surface area contributed by atoms with E-state index < -0.39 is 28.8 Å². The number of nitrogens with zero attached hydrogens (tertiary/aromatic N) is 1. The number of nitrogens with one attached hydrogen (secondary N) is 2. The fourth-order valence-electron chi connectivity index (χ4n) is 2.02. The summed E-state index contributed by atoms with van der Waals surface area (Å²) in [7, 11) is 1.52. The van der Waals surface area contributed by atoms with Crippen molar-refractivity contribution in [1.82, 2.24) is 5.32 Å². The van der Waals surface area contributed by atoms with E-state index in [1.807, 2.05) is 0 Å². The number of amides is 2. The molecule has 6 nitrogen and oxygen atoms in total. The Morgan fingerprint density at radius 2 is 2.19 bits per heavy atom. The van der Waals surface area contributed by atoms with E-state index >= 15 is 0 Å². The van der Waals surface area contributed by atoms with Crippen molar-refractivity contribution in [2.45, 2.75) is 17.8 Å². The van der Waals surface area contributed by atoms with Crippen molar-refractivity contribution in [2.75, 3.05) is 25.6 Å². The van der Waals surface area contributed by atoms with Crippen molar-refractivity contribution in [3.8, 4) is 0 Å². The largest absolute Gasteiger partial charge is 0.416 e. The standard InChI is InChI=1S/C15H15ClF3N3O3S/c1-25-5-4-20-14-22-13(24)11(26-14)7-12(23)21-10-6-8(15(17,18)19)2-3-9(10)16/h2-3,6,11H,4-5,7H2,1H3,(H,21,23)(H,20,22,24)/t11-/m0/s1.